The summed E-state index contributed by atoms with van der Waals surface area (Å²) in [6, 6.07) is 1.43. The number of carbonyl (C=O) groups excluding carboxylic acids is 2. The zero-order valence-corrected chi connectivity index (χ0v) is 15.8. The first-order chi connectivity index (χ1) is 12.5. The first-order valence-electron chi connectivity index (χ1n) is 8.47. The van der Waals surface area contributed by atoms with Crippen LogP contribution in [-0.4, -0.2) is 63.9 Å². The number of likely N-dealkylation sites (tertiary alicyclic amines) is 1. The van der Waals surface area contributed by atoms with Crippen LogP contribution in [0.2, 0.25) is 0 Å². The molecular weight excluding hydrogens is 354 g/mol. The van der Waals surface area contributed by atoms with Crippen molar-refractivity contribution in [3.63, 3.8) is 0 Å². The van der Waals surface area contributed by atoms with Crippen molar-refractivity contribution in [1.29, 1.82) is 5.26 Å². The number of aromatic nitrogens is 2. The second kappa shape index (κ2) is 9.97. The monoisotopic (exact) mass is 377 g/mol. The molecule has 8 nitrogen and oxygen atoms in total. The summed E-state index contributed by atoms with van der Waals surface area (Å²) >= 11 is 1.63. The molecule has 9 heteroatoms. The van der Waals surface area contributed by atoms with Crippen molar-refractivity contribution < 1.29 is 14.3 Å². The van der Waals surface area contributed by atoms with Gasteiger partial charge in [0.05, 0.1) is 6.54 Å². The average Bonchev–Trinajstić information content (AvgIpc) is 2.65. The molecule has 0 aromatic carbocycles. The molecule has 1 N–H and O–H groups in total. The highest BCUT2D eigenvalue weighted by Gasteiger charge is 2.30. The summed E-state index contributed by atoms with van der Waals surface area (Å²) in [5.41, 5.74) is 0.132. The van der Waals surface area contributed by atoms with E-state index >= 15 is 0 Å². The van der Waals surface area contributed by atoms with Crippen LogP contribution < -0.4 is 10.1 Å². The minimum Gasteiger partial charge on any atom is -0.470 e. The zero-order chi connectivity index (χ0) is 18.9. The minimum absolute atomic E-state index is 0.0952. The van der Waals surface area contributed by atoms with E-state index in [0.717, 1.165) is 18.6 Å². The van der Waals surface area contributed by atoms with Gasteiger partial charge in [-0.15, -0.1) is 0 Å². The first-order valence-corrected chi connectivity index (χ1v) is 9.87. The fourth-order valence-corrected chi connectivity index (χ4v) is 3.31. The Bertz CT molecular complexity index is 679. The molecule has 0 spiro atoms. The average molecular weight is 377 g/mol. The molecule has 0 aliphatic carbocycles. The summed E-state index contributed by atoms with van der Waals surface area (Å²) < 4.78 is 5.82. The number of nitrogens with zero attached hydrogens (tertiary/aromatic N) is 4. The van der Waals surface area contributed by atoms with Gasteiger partial charge in [0.1, 0.15) is 18.2 Å². The van der Waals surface area contributed by atoms with Crippen molar-refractivity contribution in [2.75, 3.05) is 25.1 Å². The van der Waals surface area contributed by atoms with Crippen LogP contribution in [0.4, 0.5) is 0 Å². The molecular formula is C17H23N5O3S. The molecule has 0 saturated carbocycles. The van der Waals surface area contributed by atoms with E-state index < -0.39 is 6.04 Å². The van der Waals surface area contributed by atoms with Crippen molar-refractivity contribution in [2.24, 2.45) is 0 Å². The second-order valence-electron chi connectivity index (χ2n) is 6.02. The lowest BCUT2D eigenvalue weighted by Gasteiger charge is -2.34. The van der Waals surface area contributed by atoms with Gasteiger partial charge in [-0.25, -0.2) is 9.97 Å². The highest BCUT2D eigenvalue weighted by atomic mass is 32.2. The number of amides is 2. The van der Waals surface area contributed by atoms with Gasteiger partial charge in [0.25, 0.3) is 5.88 Å². The molecule has 2 amide bonds. The lowest BCUT2D eigenvalue weighted by molar-refractivity contribution is -0.138. The maximum atomic E-state index is 12.8. The van der Waals surface area contributed by atoms with Crippen LogP contribution in [0, 0.1) is 11.3 Å². The number of carbonyl (C=O) groups is 2. The summed E-state index contributed by atoms with van der Waals surface area (Å²) in [7, 11) is 0. The smallest absolute Gasteiger partial charge is 0.251 e. The fourth-order valence-electron chi connectivity index (χ4n) is 2.84. The number of hydrogen-bond donors (Lipinski definition) is 1. The van der Waals surface area contributed by atoms with Crippen LogP contribution in [-0.2, 0) is 9.59 Å². The van der Waals surface area contributed by atoms with Crippen LogP contribution in [0.3, 0.4) is 0 Å². The van der Waals surface area contributed by atoms with E-state index in [0.29, 0.717) is 19.5 Å². The Morgan fingerprint density at radius 1 is 1.50 bits per heavy atom. The summed E-state index contributed by atoms with van der Waals surface area (Å²) in [4.78, 5) is 34.0. The van der Waals surface area contributed by atoms with E-state index in [9.17, 15) is 9.59 Å². The van der Waals surface area contributed by atoms with Gasteiger partial charge in [-0.05, 0) is 31.3 Å². The normalized spacial score (nSPS) is 17.9. The molecule has 0 radical (unpaired) electrons. The Balaban J connectivity index is 2.02. The topological polar surface area (TPSA) is 108 Å². The Kier molecular flexibility index (Phi) is 7.66. The molecule has 2 atom stereocenters. The van der Waals surface area contributed by atoms with Gasteiger partial charge in [0.2, 0.25) is 17.5 Å². The van der Waals surface area contributed by atoms with Crippen LogP contribution >= 0.6 is 11.8 Å². The molecule has 2 heterocycles. The van der Waals surface area contributed by atoms with Crippen molar-refractivity contribution in [2.45, 2.75) is 38.3 Å². The molecule has 26 heavy (non-hydrogen) atoms. The van der Waals surface area contributed by atoms with E-state index in [1.54, 1.807) is 16.7 Å². The maximum absolute atomic E-state index is 12.8. The van der Waals surface area contributed by atoms with Crippen molar-refractivity contribution in [3.8, 4) is 11.9 Å². The van der Waals surface area contributed by atoms with Crippen molar-refractivity contribution in [3.05, 3.63) is 18.1 Å². The number of ether oxygens (including phenoxy) is 1. The number of rotatable bonds is 7. The Labute approximate surface area is 157 Å². The quantitative estimate of drug-likeness (QED) is 0.754. The Hall–Kier alpha value is -2.34. The highest BCUT2D eigenvalue weighted by Crippen LogP contribution is 2.19. The molecule has 140 valence electrons. The second-order valence-corrected chi connectivity index (χ2v) is 7.01. The van der Waals surface area contributed by atoms with Crippen LogP contribution in [0.15, 0.2) is 12.4 Å². The minimum atomic E-state index is -0.523. The molecule has 1 aromatic rings. The summed E-state index contributed by atoms with van der Waals surface area (Å²) in [5.74, 6) is 0.667. The Morgan fingerprint density at radius 3 is 2.96 bits per heavy atom. The van der Waals surface area contributed by atoms with E-state index in [4.69, 9.17) is 10.00 Å². The van der Waals surface area contributed by atoms with Gasteiger partial charge < -0.3 is 15.0 Å². The third kappa shape index (κ3) is 5.59. The van der Waals surface area contributed by atoms with E-state index in [-0.39, 0.29) is 29.5 Å². The number of piperidine rings is 1. The predicted octanol–water partition coefficient (Wildman–Crippen LogP) is 0.976. The third-order valence-electron chi connectivity index (χ3n) is 4.02. The predicted molar refractivity (Wildman–Crippen MR) is 97.6 cm³/mol. The molecule has 1 aromatic heterocycles. The van der Waals surface area contributed by atoms with E-state index in [1.807, 2.05) is 12.3 Å². The molecule has 1 fully saturated rings. The SMILES string of the molecule is CSCC[C@H](NC(C)=O)C(=O)N1CCC[C@@H](Oc2nccnc2C#N)C1. The lowest BCUT2D eigenvalue weighted by Crippen LogP contribution is -2.53. The van der Waals surface area contributed by atoms with Gasteiger partial charge in [-0.3, -0.25) is 9.59 Å². The maximum Gasteiger partial charge on any atom is 0.251 e. The largest absolute Gasteiger partial charge is 0.470 e. The molecule has 1 saturated heterocycles. The summed E-state index contributed by atoms with van der Waals surface area (Å²) in [6.07, 6.45) is 6.76. The number of nitriles is 1. The lowest BCUT2D eigenvalue weighted by atomic mass is 10.1. The van der Waals surface area contributed by atoms with Gasteiger partial charge in [0.15, 0.2) is 0 Å². The van der Waals surface area contributed by atoms with Gasteiger partial charge in [-0.1, -0.05) is 0 Å². The standard InChI is InChI=1S/C17H23N5O3S/c1-12(23)21-14(5-9-26-2)17(24)22-8-3-4-13(11-22)25-16-15(10-18)19-6-7-20-16/h6-7,13-14H,3-5,8-9,11H2,1-2H3,(H,21,23)/t13-,14+/m1/s1. The number of thioether (sulfide) groups is 1. The zero-order valence-electron chi connectivity index (χ0n) is 15.0. The summed E-state index contributed by atoms with van der Waals surface area (Å²) in [6.45, 7) is 2.44. The highest BCUT2D eigenvalue weighted by molar-refractivity contribution is 7.98. The molecule has 0 unspecified atom stereocenters. The van der Waals surface area contributed by atoms with Crippen LogP contribution in [0.25, 0.3) is 0 Å². The number of hydrogen-bond acceptors (Lipinski definition) is 7. The van der Waals surface area contributed by atoms with Crippen LogP contribution in [0.5, 0.6) is 5.88 Å². The van der Waals surface area contributed by atoms with Gasteiger partial charge >= 0.3 is 0 Å². The fraction of sp³-hybridized carbons (Fsp3) is 0.588. The molecule has 2 rings (SSSR count). The van der Waals surface area contributed by atoms with E-state index in [1.165, 1.54) is 19.3 Å². The third-order valence-corrected chi connectivity index (χ3v) is 4.67. The van der Waals surface area contributed by atoms with Crippen molar-refractivity contribution >= 4 is 23.6 Å². The number of nitrogens with one attached hydrogen (secondary N) is 1. The van der Waals surface area contributed by atoms with Crippen molar-refractivity contribution in [1.82, 2.24) is 20.2 Å². The van der Waals surface area contributed by atoms with E-state index in [2.05, 4.69) is 15.3 Å². The van der Waals surface area contributed by atoms with Gasteiger partial charge in [0, 0.05) is 25.9 Å². The molecule has 0 bridgehead atoms. The first kappa shape index (κ1) is 20.0. The Morgan fingerprint density at radius 2 is 2.27 bits per heavy atom. The molecule has 1 aliphatic heterocycles. The summed E-state index contributed by atoms with van der Waals surface area (Å²) in [5, 5.41) is 11.8. The van der Waals surface area contributed by atoms with Crippen LogP contribution in [0.1, 0.15) is 31.9 Å². The molecule has 1 aliphatic rings. The van der Waals surface area contributed by atoms with Gasteiger partial charge in [-0.2, -0.15) is 17.0 Å².